The molecular formula is C13H14FNS. The summed E-state index contributed by atoms with van der Waals surface area (Å²) in [6, 6.07) is 9.10. The zero-order chi connectivity index (χ0) is 11.6. The lowest BCUT2D eigenvalue weighted by atomic mass is 9.99. The van der Waals surface area contributed by atoms with Crippen molar-refractivity contribution in [3.05, 3.63) is 30.1 Å². The van der Waals surface area contributed by atoms with Gasteiger partial charge in [-0.25, -0.2) is 4.39 Å². The summed E-state index contributed by atoms with van der Waals surface area (Å²) in [6.07, 6.45) is 2.99. The molecule has 3 heteroatoms. The molecule has 84 valence electrons. The fourth-order valence-electron chi connectivity index (χ4n) is 2.21. The van der Waals surface area contributed by atoms with Crippen LogP contribution in [0, 0.1) is 23.1 Å². The zero-order valence-corrected chi connectivity index (χ0v) is 10.1. The molecule has 0 amide bonds. The van der Waals surface area contributed by atoms with Crippen LogP contribution < -0.4 is 0 Å². The average molecular weight is 235 g/mol. The standard InChI is InChI=1S/C13H14FNS/c1-10-5-4-8-13(10,9-15)16-12-7-3-2-6-11(12)14/h2-3,6-7,10H,4-5,8H2,1H3. The second-order valence-electron chi connectivity index (χ2n) is 4.33. The maximum Gasteiger partial charge on any atom is 0.136 e. The molecule has 0 saturated heterocycles. The first-order chi connectivity index (χ1) is 7.68. The van der Waals surface area contributed by atoms with Crippen LogP contribution in [0.4, 0.5) is 4.39 Å². The summed E-state index contributed by atoms with van der Waals surface area (Å²) < 4.78 is 13.1. The lowest BCUT2D eigenvalue weighted by Gasteiger charge is -2.25. The predicted octanol–water partition coefficient (Wildman–Crippen LogP) is 4.00. The van der Waals surface area contributed by atoms with Crippen LogP contribution in [0.15, 0.2) is 29.2 Å². The molecule has 0 bridgehead atoms. The zero-order valence-electron chi connectivity index (χ0n) is 9.24. The van der Waals surface area contributed by atoms with Gasteiger partial charge in [0.15, 0.2) is 0 Å². The molecule has 1 aliphatic carbocycles. The topological polar surface area (TPSA) is 23.8 Å². The van der Waals surface area contributed by atoms with Gasteiger partial charge in [0.1, 0.15) is 10.6 Å². The van der Waals surface area contributed by atoms with Gasteiger partial charge in [-0.1, -0.05) is 25.5 Å². The highest BCUT2D eigenvalue weighted by Gasteiger charge is 2.42. The van der Waals surface area contributed by atoms with E-state index in [2.05, 4.69) is 13.0 Å². The molecule has 1 saturated carbocycles. The molecule has 2 atom stereocenters. The summed E-state index contributed by atoms with van der Waals surface area (Å²) in [7, 11) is 0. The molecule has 0 aliphatic heterocycles. The fraction of sp³-hybridized carbons (Fsp3) is 0.462. The quantitative estimate of drug-likeness (QED) is 0.773. The molecule has 0 N–H and O–H groups in total. The van der Waals surface area contributed by atoms with E-state index in [0.717, 1.165) is 19.3 Å². The number of halogens is 1. The first-order valence-corrected chi connectivity index (χ1v) is 6.34. The van der Waals surface area contributed by atoms with Crippen LogP contribution in [0.25, 0.3) is 0 Å². The minimum Gasteiger partial charge on any atom is -0.206 e. The van der Waals surface area contributed by atoms with Crippen LogP contribution in [0.1, 0.15) is 26.2 Å². The first kappa shape index (κ1) is 11.5. The second-order valence-corrected chi connectivity index (χ2v) is 5.70. The molecule has 0 aromatic heterocycles. The molecular weight excluding hydrogens is 221 g/mol. The van der Waals surface area contributed by atoms with Crippen molar-refractivity contribution in [2.24, 2.45) is 5.92 Å². The average Bonchev–Trinajstić information content (AvgIpc) is 2.64. The van der Waals surface area contributed by atoms with Crippen molar-refractivity contribution in [1.29, 1.82) is 5.26 Å². The van der Waals surface area contributed by atoms with Crippen molar-refractivity contribution in [1.82, 2.24) is 0 Å². The van der Waals surface area contributed by atoms with E-state index in [0.29, 0.717) is 10.8 Å². The maximum atomic E-state index is 13.5. The van der Waals surface area contributed by atoms with Gasteiger partial charge >= 0.3 is 0 Å². The number of hydrogen-bond donors (Lipinski definition) is 0. The van der Waals surface area contributed by atoms with Crippen molar-refractivity contribution in [2.45, 2.75) is 35.8 Å². The number of thioether (sulfide) groups is 1. The highest BCUT2D eigenvalue weighted by molar-refractivity contribution is 8.01. The Morgan fingerprint density at radius 1 is 1.50 bits per heavy atom. The lowest BCUT2D eigenvalue weighted by molar-refractivity contribution is 0.550. The highest BCUT2D eigenvalue weighted by Crippen LogP contribution is 2.48. The monoisotopic (exact) mass is 235 g/mol. The molecule has 2 rings (SSSR count). The smallest absolute Gasteiger partial charge is 0.136 e. The molecule has 1 aromatic carbocycles. The van der Waals surface area contributed by atoms with Gasteiger partial charge in [-0.3, -0.25) is 0 Å². The Kier molecular flexibility index (Phi) is 3.20. The highest BCUT2D eigenvalue weighted by atomic mass is 32.2. The maximum absolute atomic E-state index is 13.5. The number of hydrogen-bond acceptors (Lipinski definition) is 2. The molecule has 0 radical (unpaired) electrons. The van der Waals surface area contributed by atoms with Crippen molar-refractivity contribution in [2.75, 3.05) is 0 Å². The third-order valence-corrected chi connectivity index (χ3v) is 4.91. The Labute approximate surface area is 99.7 Å². The first-order valence-electron chi connectivity index (χ1n) is 5.53. The second kappa shape index (κ2) is 4.47. The Morgan fingerprint density at radius 3 is 2.81 bits per heavy atom. The van der Waals surface area contributed by atoms with Crippen LogP contribution in [-0.4, -0.2) is 4.75 Å². The molecule has 1 nitrogen and oxygen atoms in total. The third-order valence-electron chi connectivity index (χ3n) is 3.30. The van der Waals surface area contributed by atoms with E-state index in [4.69, 9.17) is 0 Å². The predicted molar refractivity (Wildman–Crippen MR) is 63.6 cm³/mol. The van der Waals surface area contributed by atoms with Gasteiger partial charge in [0.05, 0.1) is 6.07 Å². The summed E-state index contributed by atoms with van der Waals surface area (Å²) in [5.41, 5.74) is 0. The minimum absolute atomic E-state index is 0.221. The van der Waals surface area contributed by atoms with Gasteiger partial charge in [-0.2, -0.15) is 5.26 Å². The fourth-order valence-corrected chi connectivity index (χ4v) is 3.53. The van der Waals surface area contributed by atoms with Crippen molar-refractivity contribution in [3.8, 4) is 6.07 Å². The largest absolute Gasteiger partial charge is 0.206 e. The lowest BCUT2D eigenvalue weighted by Crippen LogP contribution is -2.25. The Morgan fingerprint density at radius 2 is 2.25 bits per heavy atom. The van der Waals surface area contributed by atoms with Crippen molar-refractivity contribution < 1.29 is 4.39 Å². The summed E-state index contributed by atoms with van der Waals surface area (Å²) >= 11 is 1.40. The number of nitriles is 1. The van der Waals surface area contributed by atoms with E-state index in [1.807, 2.05) is 6.07 Å². The van der Waals surface area contributed by atoms with E-state index in [1.54, 1.807) is 12.1 Å². The van der Waals surface area contributed by atoms with E-state index in [1.165, 1.54) is 17.8 Å². The SMILES string of the molecule is CC1CCCC1(C#N)Sc1ccccc1F. The van der Waals surface area contributed by atoms with E-state index >= 15 is 0 Å². The van der Waals surface area contributed by atoms with Crippen molar-refractivity contribution in [3.63, 3.8) is 0 Å². The molecule has 1 fully saturated rings. The minimum atomic E-state index is -0.428. The number of nitrogens with zero attached hydrogens (tertiary/aromatic N) is 1. The summed E-state index contributed by atoms with van der Waals surface area (Å²) in [6.45, 7) is 2.09. The molecule has 2 unspecified atom stereocenters. The van der Waals surface area contributed by atoms with Crippen LogP contribution in [0.2, 0.25) is 0 Å². The van der Waals surface area contributed by atoms with Gasteiger partial charge < -0.3 is 0 Å². The Bertz CT molecular complexity index is 426. The van der Waals surface area contributed by atoms with E-state index in [-0.39, 0.29) is 5.82 Å². The van der Waals surface area contributed by atoms with Gasteiger partial charge in [0.25, 0.3) is 0 Å². The van der Waals surface area contributed by atoms with Crippen LogP contribution in [0.3, 0.4) is 0 Å². The van der Waals surface area contributed by atoms with Gasteiger partial charge in [0, 0.05) is 4.90 Å². The van der Waals surface area contributed by atoms with Crippen molar-refractivity contribution >= 4 is 11.8 Å². The Hall–Kier alpha value is -1.01. The van der Waals surface area contributed by atoms with E-state index < -0.39 is 4.75 Å². The Balaban J connectivity index is 2.27. The summed E-state index contributed by atoms with van der Waals surface area (Å²) in [5, 5.41) is 9.35. The van der Waals surface area contributed by atoms with Gasteiger partial charge in [-0.15, -0.1) is 11.8 Å². The number of benzene rings is 1. The molecule has 0 heterocycles. The van der Waals surface area contributed by atoms with Gasteiger partial charge in [-0.05, 0) is 30.9 Å². The molecule has 16 heavy (non-hydrogen) atoms. The van der Waals surface area contributed by atoms with E-state index in [9.17, 15) is 9.65 Å². The van der Waals surface area contributed by atoms with Crippen LogP contribution >= 0.6 is 11.8 Å². The summed E-state index contributed by atoms with van der Waals surface area (Å²) in [5.74, 6) is 0.114. The molecule has 1 aromatic rings. The van der Waals surface area contributed by atoms with Crippen LogP contribution in [-0.2, 0) is 0 Å². The van der Waals surface area contributed by atoms with Crippen LogP contribution in [0.5, 0.6) is 0 Å². The number of rotatable bonds is 2. The van der Waals surface area contributed by atoms with Gasteiger partial charge in [0.2, 0.25) is 0 Å². The normalized spacial score (nSPS) is 28.9. The summed E-state index contributed by atoms with van der Waals surface area (Å²) in [4.78, 5) is 0.595. The molecule has 0 spiro atoms. The molecule has 1 aliphatic rings. The third kappa shape index (κ3) is 1.94.